The quantitative estimate of drug-likeness (QED) is 0.0798. The number of hydroxylamine groups is 2. The number of carbonyl (C=O) groups is 5. The first kappa shape index (κ1) is 45.6. The fourth-order valence-electron chi connectivity index (χ4n) is 9.08. The van der Waals surface area contributed by atoms with Gasteiger partial charge >= 0.3 is 23.9 Å². The van der Waals surface area contributed by atoms with E-state index in [-0.39, 0.29) is 32.4 Å². The van der Waals surface area contributed by atoms with Gasteiger partial charge in [-0.3, -0.25) is 19.2 Å². The molecule has 2 N–H and O–H groups in total. The summed E-state index contributed by atoms with van der Waals surface area (Å²) in [6, 6.07) is 5.25. The van der Waals surface area contributed by atoms with Crippen molar-refractivity contribution in [1.82, 2.24) is 10.4 Å². The molecule has 0 unspecified atom stereocenters. The number of amides is 1. The van der Waals surface area contributed by atoms with Crippen molar-refractivity contribution in [2.45, 2.75) is 180 Å². The maximum Gasteiger partial charge on any atom is 0.348 e. The van der Waals surface area contributed by atoms with Crippen LogP contribution in [0.4, 0.5) is 0 Å². The van der Waals surface area contributed by atoms with Gasteiger partial charge in [0, 0.05) is 37.2 Å². The van der Waals surface area contributed by atoms with Crippen LogP contribution in [0.5, 0.6) is 0 Å². The Kier molecular flexibility index (Phi) is 14.2. The number of fused-ring (bicyclic) bond motifs is 4. The predicted molar refractivity (Wildman–Crippen MR) is 216 cm³/mol. The maximum absolute atomic E-state index is 14.9. The number of hydrogen-bond acceptors (Lipinski definition) is 14. The average molecular weight is 841 g/mol. The van der Waals surface area contributed by atoms with Gasteiger partial charge < -0.3 is 38.8 Å². The maximum atomic E-state index is 14.9. The third-order valence-electron chi connectivity index (χ3n) is 12.1. The summed E-state index contributed by atoms with van der Waals surface area (Å²) in [6.45, 7) is 13.0. The van der Waals surface area contributed by atoms with Gasteiger partial charge in [-0.15, -0.1) is 0 Å². The Labute approximate surface area is 353 Å². The summed E-state index contributed by atoms with van der Waals surface area (Å²) < 4.78 is 35.9. The number of rotatable bonds is 19. The molecule has 1 saturated carbocycles. The molecule has 1 amide bonds. The van der Waals surface area contributed by atoms with Gasteiger partial charge in [0.25, 0.3) is 0 Å². The SMILES string of the molecule is CCCCCC1(CCCCC)O[C@@H]2[C@H](O1)[C@H]1ON(Cc3ccc(C=CC(=O)O[C@H]4C(=O)OCC4(C)C)cc3)[C@@H]3C(=O)O[C@@H]2C[C@]13C(=O)N[C@H](CO)CCC(=O)OC(C)(C)C. The minimum Gasteiger partial charge on any atom is -0.462 e. The predicted octanol–water partition coefficient (Wildman–Crippen LogP) is 5.23. The molecule has 5 aliphatic rings. The summed E-state index contributed by atoms with van der Waals surface area (Å²) in [7, 11) is 0. The molecule has 4 aliphatic heterocycles. The number of unbranched alkanes of at least 4 members (excludes halogenated alkanes) is 4. The van der Waals surface area contributed by atoms with Gasteiger partial charge in [0.2, 0.25) is 12.0 Å². The average Bonchev–Trinajstić information content (AvgIpc) is 3.83. The number of carbonyl (C=O) groups excluding carboxylic acids is 5. The van der Waals surface area contributed by atoms with E-state index in [1.807, 2.05) is 12.1 Å². The Bertz CT molecular complexity index is 1750. The normalized spacial score (nSPS) is 29.5. The largest absolute Gasteiger partial charge is 0.462 e. The third kappa shape index (κ3) is 9.91. The summed E-state index contributed by atoms with van der Waals surface area (Å²) in [5, 5.41) is 14.9. The molecule has 15 heteroatoms. The zero-order valence-corrected chi connectivity index (χ0v) is 36.2. The molecule has 60 heavy (non-hydrogen) atoms. The Morgan fingerprint density at radius 3 is 2.25 bits per heavy atom. The molecule has 4 saturated heterocycles. The lowest BCUT2D eigenvalue weighted by atomic mass is 9.62. The van der Waals surface area contributed by atoms with Gasteiger partial charge in [0.15, 0.2) is 11.8 Å². The minimum atomic E-state index is -1.48. The Balaban J connectivity index is 1.24. The van der Waals surface area contributed by atoms with Crippen LogP contribution in [0, 0.1) is 10.8 Å². The van der Waals surface area contributed by atoms with Crippen molar-refractivity contribution >= 4 is 35.9 Å². The van der Waals surface area contributed by atoms with Crippen LogP contribution in [0.15, 0.2) is 30.3 Å². The smallest absolute Gasteiger partial charge is 0.348 e. The number of esters is 4. The second kappa shape index (κ2) is 18.6. The van der Waals surface area contributed by atoms with E-state index in [1.54, 1.807) is 52.8 Å². The lowest BCUT2D eigenvalue weighted by Crippen LogP contribution is -2.70. The van der Waals surface area contributed by atoms with Crippen LogP contribution in [-0.4, -0.2) is 107 Å². The highest BCUT2D eigenvalue weighted by Gasteiger charge is 2.76. The number of nitrogens with one attached hydrogen (secondary N) is 1. The molecular weight excluding hydrogens is 776 g/mol. The third-order valence-corrected chi connectivity index (χ3v) is 12.1. The fourth-order valence-corrected chi connectivity index (χ4v) is 9.08. The van der Waals surface area contributed by atoms with E-state index in [9.17, 15) is 29.1 Å². The molecule has 332 valence electrons. The lowest BCUT2D eigenvalue weighted by molar-refractivity contribution is -0.224. The summed E-state index contributed by atoms with van der Waals surface area (Å²) in [5.74, 6) is -3.75. The number of cyclic esters (lactones) is 1. The number of aliphatic hydroxyl groups excluding tert-OH is 1. The van der Waals surface area contributed by atoms with E-state index < -0.39 is 101 Å². The zero-order chi connectivity index (χ0) is 43.5. The molecule has 1 aliphatic carbocycles. The molecule has 8 atom stereocenters. The number of benzene rings is 1. The zero-order valence-electron chi connectivity index (χ0n) is 36.2. The van der Waals surface area contributed by atoms with Crippen LogP contribution in [0.25, 0.3) is 6.08 Å². The fraction of sp³-hybridized carbons (Fsp3) is 0.711. The van der Waals surface area contributed by atoms with Crippen LogP contribution in [0.2, 0.25) is 0 Å². The lowest BCUT2D eigenvalue weighted by Gasteiger charge is -2.49. The molecule has 1 aromatic rings. The van der Waals surface area contributed by atoms with E-state index in [0.717, 1.165) is 44.1 Å². The molecule has 0 aromatic heterocycles. The molecule has 15 nitrogen and oxygen atoms in total. The topological polar surface area (TPSA) is 185 Å². The van der Waals surface area contributed by atoms with Crippen LogP contribution < -0.4 is 5.32 Å². The van der Waals surface area contributed by atoms with Crippen molar-refractivity contribution < 1.29 is 62.3 Å². The van der Waals surface area contributed by atoms with Crippen molar-refractivity contribution in [2.24, 2.45) is 10.8 Å². The Hall–Kier alpha value is -3.89. The molecular formula is C45H64N2O13. The minimum absolute atomic E-state index is 0.0324. The molecule has 4 heterocycles. The first-order chi connectivity index (χ1) is 28.4. The number of ether oxygens (including phenoxy) is 6. The first-order valence-electron chi connectivity index (χ1n) is 21.7. The van der Waals surface area contributed by atoms with E-state index in [2.05, 4.69) is 19.2 Å². The summed E-state index contributed by atoms with van der Waals surface area (Å²) >= 11 is 0. The Morgan fingerprint density at radius 1 is 0.983 bits per heavy atom. The molecule has 1 aromatic carbocycles. The summed E-state index contributed by atoms with van der Waals surface area (Å²) in [6.07, 6.45) is 6.02. The van der Waals surface area contributed by atoms with Crippen molar-refractivity contribution in [3.63, 3.8) is 0 Å². The van der Waals surface area contributed by atoms with Crippen molar-refractivity contribution in [3.8, 4) is 0 Å². The van der Waals surface area contributed by atoms with E-state index in [4.69, 9.17) is 33.3 Å². The molecule has 5 fully saturated rings. The molecule has 0 radical (unpaired) electrons. The summed E-state index contributed by atoms with van der Waals surface area (Å²) in [5.41, 5.74) is -1.37. The number of aliphatic hydroxyl groups is 1. The van der Waals surface area contributed by atoms with E-state index in [0.29, 0.717) is 18.4 Å². The van der Waals surface area contributed by atoms with Crippen LogP contribution in [0.1, 0.15) is 130 Å². The second-order valence-corrected chi connectivity index (χ2v) is 18.7. The highest BCUT2D eigenvalue weighted by molar-refractivity contribution is 5.94. The van der Waals surface area contributed by atoms with Gasteiger partial charge in [-0.05, 0) is 57.2 Å². The highest BCUT2D eigenvalue weighted by atomic mass is 16.8. The van der Waals surface area contributed by atoms with E-state index in [1.165, 1.54) is 11.1 Å². The van der Waals surface area contributed by atoms with Gasteiger partial charge in [-0.2, -0.15) is 5.06 Å². The highest BCUT2D eigenvalue weighted by Crippen LogP contribution is 2.58. The molecule has 6 rings (SSSR count). The monoisotopic (exact) mass is 840 g/mol. The van der Waals surface area contributed by atoms with Gasteiger partial charge in [-0.1, -0.05) is 77.6 Å². The van der Waals surface area contributed by atoms with Crippen molar-refractivity contribution in [1.29, 1.82) is 0 Å². The van der Waals surface area contributed by atoms with Crippen LogP contribution in [-0.2, 0) is 63.8 Å². The standard InChI is InChI=1S/C45H64N2O13/c1-8-10-12-22-44(23-13-11-9-2)58-34-31-24-45(41(53)46-30(26-48)19-21-33(50)57-42(3,4)5)36(39(51)55-31)47(60-37(45)35(34)59-44)25-29-16-14-28(15-17-29)18-20-32(49)56-38-40(52)54-27-43(38,6)7/h14-18,20,30-31,34-38,48H,8-13,19,21-27H2,1-7H3,(H,46,53)/t30-,31+,34-,35-,36+,37+,38-,45+/m0/s1. The van der Waals surface area contributed by atoms with Gasteiger partial charge in [0.1, 0.15) is 42.0 Å². The van der Waals surface area contributed by atoms with Crippen LogP contribution in [0.3, 0.4) is 0 Å². The van der Waals surface area contributed by atoms with E-state index >= 15 is 0 Å². The number of nitrogens with zero attached hydrogens (tertiary/aromatic N) is 1. The van der Waals surface area contributed by atoms with Crippen molar-refractivity contribution in [2.75, 3.05) is 13.2 Å². The second-order valence-electron chi connectivity index (χ2n) is 18.7. The van der Waals surface area contributed by atoms with Gasteiger partial charge in [-0.25, -0.2) is 9.59 Å². The molecule has 0 spiro atoms. The Morgan fingerprint density at radius 2 is 1.65 bits per heavy atom. The van der Waals surface area contributed by atoms with Crippen molar-refractivity contribution in [3.05, 3.63) is 41.5 Å². The van der Waals surface area contributed by atoms with Crippen LogP contribution >= 0.6 is 0 Å². The molecule has 2 bridgehead atoms. The van der Waals surface area contributed by atoms with Gasteiger partial charge in [0.05, 0.1) is 19.2 Å². The number of hydrogen-bond donors (Lipinski definition) is 2. The first-order valence-corrected chi connectivity index (χ1v) is 21.7. The summed E-state index contributed by atoms with van der Waals surface area (Å²) in [4.78, 5) is 73.1.